The van der Waals surface area contributed by atoms with E-state index in [9.17, 15) is 38.3 Å². The summed E-state index contributed by atoms with van der Waals surface area (Å²) in [5.41, 5.74) is -0.191. The monoisotopic (exact) mass is 590 g/mol. The number of carbonyl (C=O) groups is 1. The van der Waals surface area contributed by atoms with E-state index >= 15 is 0 Å². The third-order valence-corrected chi connectivity index (χ3v) is 7.87. The number of amides is 1. The van der Waals surface area contributed by atoms with Gasteiger partial charge < -0.3 is 29.7 Å². The van der Waals surface area contributed by atoms with Crippen molar-refractivity contribution < 1.29 is 42.4 Å². The molecule has 0 spiro atoms. The molecule has 224 valence electrons. The van der Waals surface area contributed by atoms with Crippen molar-refractivity contribution in [3.63, 3.8) is 0 Å². The van der Waals surface area contributed by atoms with Gasteiger partial charge in [0.15, 0.2) is 11.5 Å². The van der Waals surface area contributed by atoms with Gasteiger partial charge in [0.2, 0.25) is 0 Å². The van der Waals surface area contributed by atoms with Gasteiger partial charge in [-0.25, -0.2) is 0 Å². The molecule has 0 atom stereocenters. The van der Waals surface area contributed by atoms with Crippen LogP contribution in [0, 0.1) is 16.0 Å². The van der Waals surface area contributed by atoms with E-state index in [1.54, 1.807) is 0 Å². The number of carbonyl (C=O) groups excluding carboxylic acids is 1. The average molecular weight is 591 g/mol. The van der Waals surface area contributed by atoms with Crippen LogP contribution in [-0.4, -0.2) is 62.4 Å². The molecule has 0 unspecified atom stereocenters. The van der Waals surface area contributed by atoms with E-state index in [-0.39, 0.29) is 64.9 Å². The third kappa shape index (κ3) is 6.59. The van der Waals surface area contributed by atoms with Crippen molar-refractivity contribution in [1.82, 2.24) is 15.4 Å². The number of halogens is 3. The number of hydrogen-bond donors (Lipinski definition) is 3. The van der Waals surface area contributed by atoms with E-state index in [1.807, 2.05) is 0 Å². The second kappa shape index (κ2) is 11.9. The Bertz CT molecular complexity index is 1430. The van der Waals surface area contributed by atoms with Crippen LogP contribution in [0.1, 0.15) is 49.0 Å². The molecule has 11 nitrogen and oxygen atoms in total. The van der Waals surface area contributed by atoms with E-state index < -0.39 is 28.7 Å². The lowest BCUT2D eigenvalue weighted by atomic mass is 9.84. The number of non-ortho nitro benzene ring substituents is 1. The Morgan fingerprint density at radius 3 is 2.33 bits per heavy atom. The molecule has 1 aliphatic heterocycles. The van der Waals surface area contributed by atoms with Crippen LogP contribution in [0.2, 0.25) is 0 Å². The zero-order valence-corrected chi connectivity index (χ0v) is 22.3. The van der Waals surface area contributed by atoms with Gasteiger partial charge in [0.05, 0.1) is 10.8 Å². The summed E-state index contributed by atoms with van der Waals surface area (Å²) in [7, 11) is 0. The summed E-state index contributed by atoms with van der Waals surface area (Å²) in [6.45, 7) is 1.34. The predicted molar refractivity (Wildman–Crippen MR) is 142 cm³/mol. The number of alkyl halides is 3. The lowest BCUT2D eigenvalue weighted by molar-refractivity contribution is -0.384. The summed E-state index contributed by atoms with van der Waals surface area (Å²) in [6, 6.07) is 8.73. The Morgan fingerprint density at radius 2 is 1.71 bits per heavy atom. The fourth-order valence-corrected chi connectivity index (χ4v) is 5.61. The molecular weight excluding hydrogens is 561 g/mol. The highest BCUT2D eigenvalue weighted by Gasteiger charge is 2.42. The lowest BCUT2D eigenvalue weighted by Crippen LogP contribution is -2.49. The summed E-state index contributed by atoms with van der Waals surface area (Å²) in [5.74, 6) is -2.31. The van der Waals surface area contributed by atoms with Gasteiger partial charge in [-0.15, -0.1) is 0 Å². The van der Waals surface area contributed by atoms with Crippen LogP contribution in [0.15, 0.2) is 47.0 Å². The summed E-state index contributed by atoms with van der Waals surface area (Å²) in [6.07, 6.45) is -1.52. The predicted octanol–water partition coefficient (Wildman–Crippen LogP) is 5.77. The smallest absolute Gasteiger partial charge is 0.391 e. The standard InChI is InChI=1S/C28H29F3N4O7/c29-28(30,31)16-1-3-18(4-2-16)34-11-9-17(10-12-34)32-27(38)22-15-25(42-33-22)26-23(37)13-20(36)14-24(26)41-21-7-5-19(6-8-21)35(39)40/h5-8,13-18,36-37H,1-4,9-12H2,(H,32,38). The van der Waals surface area contributed by atoms with Crippen molar-refractivity contribution in [2.45, 2.75) is 56.8 Å². The molecule has 0 radical (unpaired) electrons. The van der Waals surface area contributed by atoms with Crippen LogP contribution < -0.4 is 10.1 Å². The fourth-order valence-electron chi connectivity index (χ4n) is 5.61. The molecule has 1 aromatic heterocycles. The molecule has 2 heterocycles. The minimum absolute atomic E-state index is 0.00579. The van der Waals surface area contributed by atoms with E-state index in [4.69, 9.17) is 9.26 Å². The Morgan fingerprint density at radius 1 is 1.05 bits per heavy atom. The second-order valence-electron chi connectivity index (χ2n) is 10.6. The van der Waals surface area contributed by atoms with Gasteiger partial charge in [-0.2, -0.15) is 13.2 Å². The number of ether oxygens (including phenoxy) is 1. The quantitative estimate of drug-likeness (QED) is 0.230. The summed E-state index contributed by atoms with van der Waals surface area (Å²) in [5, 5.41) is 38.2. The zero-order chi connectivity index (χ0) is 30.0. The summed E-state index contributed by atoms with van der Waals surface area (Å²) in [4.78, 5) is 25.5. The highest BCUT2D eigenvalue weighted by Crippen LogP contribution is 2.43. The number of piperidine rings is 1. The first kappa shape index (κ1) is 29.2. The zero-order valence-electron chi connectivity index (χ0n) is 22.3. The number of benzene rings is 2. The maximum absolute atomic E-state index is 13.0. The molecule has 42 heavy (non-hydrogen) atoms. The van der Waals surface area contributed by atoms with E-state index in [0.29, 0.717) is 38.8 Å². The molecule has 0 bridgehead atoms. The van der Waals surface area contributed by atoms with Gasteiger partial charge in [0.1, 0.15) is 28.6 Å². The van der Waals surface area contributed by atoms with Gasteiger partial charge in [-0.3, -0.25) is 14.9 Å². The number of phenols is 2. The van der Waals surface area contributed by atoms with Gasteiger partial charge in [0, 0.05) is 55.5 Å². The van der Waals surface area contributed by atoms with Crippen molar-refractivity contribution in [2.75, 3.05) is 13.1 Å². The van der Waals surface area contributed by atoms with Crippen molar-refractivity contribution in [3.05, 3.63) is 58.3 Å². The molecule has 3 aromatic rings. The van der Waals surface area contributed by atoms with Crippen molar-refractivity contribution >= 4 is 11.6 Å². The Kier molecular flexibility index (Phi) is 8.25. The van der Waals surface area contributed by atoms with Crippen LogP contribution in [-0.2, 0) is 0 Å². The highest BCUT2D eigenvalue weighted by atomic mass is 19.4. The lowest BCUT2D eigenvalue weighted by Gasteiger charge is -2.41. The van der Waals surface area contributed by atoms with Gasteiger partial charge in [-0.1, -0.05) is 5.16 Å². The molecule has 1 saturated heterocycles. The first-order valence-corrected chi connectivity index (χ1v) is 13.5. The van der Waals surface area contributed by atoms with Crippen LogP contribution in [0.5, 0.6) is 23.0 Å². The van der Waals surface area contributed by atoms with Crippen molar-refractivity contribution in [1.29, 1.82) is 0 Å². The number of nitro benzene ring substituents is 1. The van der Waals surface area contributed by atoms with Gasteiger partial charge in [0.25, 0.3) is 11.6 Å². The topological polar surface area (TPSA) is 151 Å². The second-order valence-corrected chi connectivity index (χ2v) is 10.6. The van der Waals surface area contributed by atoms with Crippen LogP contribution >= 0.6 is 0 Å². The minimum atomic E-state index is -4.13. The largest absolute Gasteiger partial charge is 0.508 e. The molecule has 5 rings (SSSR count). The Labute approximate surface area is 238 Å². The maximum atomic E-state index is 13.0. The Hall–Kier alpha value is -4.33. The van der Waals surface area contributed by atoms with Gasteiger partial charge >= 0.3 is 6.18 Å². The van der Waals surface area contributed by atoms with Crippen LogP contribution in [0.4, 0.5) is 18.9 Å². The molecule has 1 saturated carbocycles. The number of nitro groups is 1. The van der Waals surface area contributed by atoms with E-state index in [2.05, 4.69) is 15.4 Å². The number of phenolic OH excluding ortho intramolecular Hbond substituents is 2. The maximum Gasteiger partial charge on any atom is 0.391 e. The Balaban J connectivity index is 1.20. The van der Waals surface area contributed by atoms with Crippen molar-refractivity contribution in [3.8, 4) is 34.3 Å². The van der Waals surface area contributed by atoms with E-state index in [0.717, 1.165) is 6.07 Å². The number of nitrogens with one attached hydrogen (secondary N) is 1. The van der Waals surface area contributed by atoms with Crippen LogP contribution in [0.3, 0.4) is 0 Å². The van der Waals surface area contributed by atoms with Gasteiger partial charge in [-0.05, 0) is 50.7 Å². The summed E-state index contributed by atoms with van der Waals surface area (Å²) < 4.78 is 50.0. The molecule has 1 amide bonds. The molecule has 2 fully saturated rings. The summed E-state index contributed by atoms with van der Waals surface area (Å²) >= 11 is 0. The van der Waals surface area contributed by atoms with Crippen molar-refractivity contribution in [2.24, 2.45) is 5.92 Å². The first-order valence-electron chi connectivity index (χ1n) is 13.5. The molecule has 2 aromatic carbocycles. The normalized spacial score (nSPS) is 20.3. The van der Waals surface area contributed by atoms with E-state index in [1.165, 1.54) is 36.4 Å². The number of nitrogens with zero attached hydrogens (tertiary/aromatic N) is 3. The number of aromatic hydroxyl groups is 2. The SMILES string of the molecule is O=C(NC1CCN(C2CCC(C(F)(F)F)CC2)CC1)c1cc(-c2c(O)cc(O)cc2Oc2ccc([N+](=O)[O-])cc2)on1. The number of likely N-dealkylation sites (tertiary alicyclic amines) is 1. The molecule has 1 aliphatic carbocycles. The molecule has 14 heteroatoms. The van der Waals surface area contributed by atoms with Crippen LogP contribution in [0.25, 0.3) is 11.3 Å². The average Bonchev–Trinajstić information content (AvgIpc) is 3.43. The minimum Gasteiger partial charge on any atom is -0.508 e. The third-order valence-electron chi connectivity index (χ3n) is 7.87. The fraction of sp³-hybridized carbons (Fsp3) is 0.429. The molecule has 2 aliphatic rings. The highest BCUT2D eigenvalue weighted by molar-refractivity contribution is 5.93. The number of hydrogen-bond acceptors (Lipinski definition) is 9. The number of rotatable bonds is 7. The first-order chi connectivity index (χ1) is 20.0. The molecular formula is C28H29F3N4O7. The number of aromatic nitrogens is 1. The molecule has 3 N–H and O–H groups in total.